The number of carbonyl (C=O) groups is 2. The molecule has 0 radical (unpaired) electrons. The lowest BCUT2D eigenvalue weighted by Gasteiger charge is -2.30. The lowest BCUT2D eigenvalue weighted by Crippen LogP contribution is -2.31. The molecule has 0 bridgehead atoms. The zero-order valence-corrected chi connectivity index (χ0v) is 15.5. The first kappa shape index (κ1) is 18.0. The molecule has 2 saturated carbocycles. The van der Waals surface area contributed by atoms with Gasteiger partial charge in [-0.25, -0.2) is 4.79 Å². The third kappa shape index (κ3) is 3.73. The molecule has 0 saturated heterocycles. The van der Waals surface area contributed by atoms with Crippen LogP contribution in [0.15, 0.2) is 18.2 Å². The number of ketones is 1. The summed E-state index contributed by atoms with van der Waals surface area (Å²) in [5, 5.41) is 0. The van der Waals surface area contributed by atoms with Crippen molar-refractivity contribution >= 4 is 11.8 Å². The normalized spacial score (nSPS) is 21.7. The predicted octanol–water partition coefficient (Wildman–Crippen LogP) is 4.95. The maximum absolute atomic E-state index is 12.7. The van der Waals surface area contributed by atoms with Crippen LogP contribution in [0, 0.1) is 5.41 Å². The van der Waals surface area contributed by atoms with Gasteiger partial charge in [0, 0.05) is 5.41 Å². The number of carbonyl (C=O) groups excluding carboxylic acids is 2. The molecule has 2 aliphatic rings. The largest absolute Gasteiger partial charge is 0.490 e. The molecule has 0 amide bonds. The lowest BCUT2D eigenvalue weighted by atomic mass is 9.82. The van der Waals surface area contributed by atoms with Gasteiger partial charge in [-0.15, -0.1) is 0 Å². The van der Waals surface area contributed by atoms with Crippen LogP contribution in [-0.4, -0.2) is 24.0 Å². The van der Waals surface area contributed by atoms with E-state index in [-0.39, 0.29) is 29.4 Å². The van der Waals surface area contributed by atoms with Crippen LogP contribution in [0.25, 0.3) is 0 Å². The third-order valence-corrected chi connectivity index (χ3v) is 5.63. The van der Waals surface area contributed by atoms with E-state index in [9.17, 15) is 9.59 Å². The molecule has 2 fully saturated rings. The van der Waals surface area contributed by atoms with Gasteiger partial charge in [-0.2, -0.15) is 0 Å². The van der Waals surface area contributed by atoms with E-state index in [1.807, 2.05) is 13.8 Å². The summed E-state index contributed by atoms with van der Waals surface area (Å²) in [6.45, 7) is 5.31. The zero-order valence-electron chi connectivity index (χ0n) is 15.5. The fraction of sp³-hybridized carbons (Fsp3) is 0.619. The Hall–Kier alpha value is -1.84. The van der Waals surface area contributed by atoms with Crippen LogP contribution in [0.3, 0.4) is 0 Å². The molecule has 4 nitrogen and oxygen atoms in total. The van der Waals surface area contributed by atoms with Crippen molar-refractivity contribution in [3.05, 3.63) is 29.3 Å². The number of hydrogen-bond donors (Lipinski definition) is 0. The first-order valence-electron chi connectivity index (χ1n) is 9.44. The molecule has 1 unspecified atom stereocenters. The average molecular weight is 344 g/mol. The van der Waals surface area contributed by atoms with Gasteiger partial charge >= 0.3 is 5.97 Å². The molecule has 0 N–H and O–H groups in total. The van der Waals surface area contributed by atoms with Gasteiger partial charge in [-0.3, -0.25) is 4.79 Å². The molecule has 0 heterocycles. The summed E-state index contributed by atoms with van der Waals surface area (Å²) in [4.78, 5) is 24.6. The van der Waals surface area contributed by atoms with Crippen molar-refractivity contribution in [2.45, 2.75) is 77.9 Å². The van der Waals surface area contributed by atoms with Crippen molar-refractivity contribution in [3.8, 4) is 5.75 Å². The molecule has 1 spiro atoms. The summed E-state index contributed by atoms with van der Waals surface area (Å²) in [6.07, 6.45) is 8.08. The summed E-state index contributed by atoms with van der Waals surface area (Å²) >= 11 is 0. The summed E-state index contributed by atoms with van der Waals surface area (Å²) in [5.41, 5.74) is 1.08. The van der Waals surface area contributed by atoms with E-state index in [2.05, 4.69) is 0 Å². The average Bonchev–Trinajstić information content (AvgIpc) is 3.18. The van der Waals surface area contributed by atoms with Crippen molar-refractivity contribution in [1.29, 1.82) is 0 Å². The van der Waals surface area contributed by atoms with Crippen molar-refractivity contribution < 1.29 is 19.1 Å². The van der Waals surface area contributed by atoms with Crippen LogP contribution in [0.5, 0.6) is 5.75 Å². The number of ether oxygens (including phenoxy) is 2. The number of benzene rings is 1. The van der Waals surface area contributed by atoms with Gasteiger partial charge in [0.1, 0.15) is 11.9 Å². The topological polar surface area (TPSA) is 52.6 Å². The smallest absolute Gasteiger partial charge is 0.338 e. The third-order valence-electron chi connectivity index (χ3n) is 5.63. The van der Waals surface area contributed by atoms with Crippen molar-refractivity contribution in [2.75, 3.05) is 0 Å². The van der Waals surface area contributed by atoms with Crippen LogP contribution < -0.4 is 4.74 Å². The summed E-state index contributed by atoms with van der Waals surface area (Å²) in [7, 11) is 0. The van der Waals surface area contributed by atoms with Crippen molar-refractivity contribution in [2.24, 2.45) is 5.41 Å². The van der Waals surface area contributed by atoms with Gasteiger partial charge in [-0.05, 0) is 71.1 Å². The highest BCUT2D eigenvalue weighted by atomic mass is 16.5. The van der Waals surface area contributed by atoms with Crippen LogP contribution in [-0.2, 0) is 4.74 Å². The second-order valence-electron chi connectivity index (χ2n) is 7.79. The molecule has 3 rings (SSSR count). The van der Waals surface area contributed by atoms with Gasteiger partial charge in [0.25, 0.3) is 0 Å². The first-order valence-corrected chi connectivity index (χ1v) is 9.44. The van der Waals surface area contributed by atoms with E-state index < -0.39 is 0 Å². The van der Waals surface area contributed by atoms with E-state index >= 15 is 0 Å². The zero-order chi connectivity index (χ0) is 18.0. The standard InChI is InChI=1S/C21H28O4/c1-14(2)24-18-9-8-16(13-17(18)15(3)22)20(23)25-19-7-6-12-21(19)10-4-5-11-21/h8-9,13-14,19H,4-7,10-12H2,1-3H3. The fourth-order valence-corrected chi connectivity index (χ4v) is 4.43. The number of rotatable bonds is 5. The Morgan fingerprint density at radius 3 is 2.44 bits per heavy atom. The Morgan fingerprint density at radius 2 is 1.80 bits per heavy atom. The second-order valence-corrected chi connectivity index (χ2v) is 7.79. The minimum Gasteiger partial charge on any atom is -0.490 e. The Bertz CT molecular complexity index is 650. The maximum atomic E-state index is 12.7. The fourth-order valence-electron chi connectivity index (χ4n) is 4.43. The van der Waals surface area contributed by atoms with Gasteiger partial charge < -0.3 is 9.47 Å². The molecule has 2 aliphatic carbocycles. The van der Waals surface area contributed by atoms with Gasteiger partial charge in [0.05, 0.1) is 17.2 Å². The predicted molar refractivity (Wildman–Crippen MR) is 96.2 cm³/mol. The highest BCUT2D eigenvalue weighted by molar-refractivity contribution is 6.00. The second kappa shape index (κ2) is 7.19. The van der Waals surface area contributed by atoms with E-state index in [1.54, 1.807) is 18.2 Å². The highest BCUT2D eigenvalue weighted by Gasteiger charge is 2.46. The number of Topliss-reactive ketones (excluding diaryl/α,β-unsaturated/α-hetero) is 1. The Morgan fingerprint density at radius 1 is 1.12 bits per heavy atom. The molecule has 136 valence electrons. The van der Waals surface area contributed by atoms with Crippen LogP contribution >= 0.6 is 0 Å². The van der Waals surface area contributed by atoms with Gasteiger partial charge in [-0.1, -0.05) is 12.8 Å². The van der Waals surface area contributed by atoms with E-state index in [0.717, 1.165) is 12.8 Å². The van der Waals surface area contributed by atoms with Crippen LogP contribution in [0.4, 0.5) is 0 Å². The quantitative estimate of drug-likeness (QED) is 0.560. The summed E-state index contributed by atoms with van der Waals surface area (Å²) < 4.78 is 11.6. The molecular formula is C21H28O4. The SMILES string of the molecule is CC(=O)c1cc(C(=O)OC2CCCC23CCCC3)ccc1OC(C)C. The number of esters is 1. The monoisotopic (exact) mass is 344 g/mol. The van der Waals surface area contributed by atoms with Crippen molar-refractivity contribution in [1.82, 2.24) is 0 Å². The minimum atomic E-state index is -0.322. The van der Waals surface area contributed by atoms with Gasteiger partial charge in [0.15, 0.2) is 5.78 Å². The molecule has 1 aromatic carbocycles. The maximum Gasteiger partial charge on any atom is 0.338 e. The molecule has 25 heavy (non-hydrogen) atoms. The molecule has 1 aromatic rings. The van der Waals surface area contributed by atoms with E-state index in [0.29, 0.717) is 16.9 Å². The lowest BCUT2D eigenvalue weighted by molar-refractivity contribution is -0.00373. The van der Waals surface area contributed by atoms with Crippen LogP contribution in [0.1, 0.15) is 86.4 Å². The Balaban J connectivity index is 1.78. The molecule has 0 aromatic heterocycles. The Labute approximate surface area is 149 Å². The van der Waals surface area contributed by atoms with Crippen molar-refractivity contribution in [3.63, 3.8) is 0 Å². The first-order chi connectivity index (χ1) is 11.9. The molecule has 4 heteroatoms. The molecule has 0 aliphatic heterocycles. The molecular weight excluding hydrogens is 316 g/mol. The number of hydrogen-bond acceptors (Lipinski definition) is 4. The van der Waals surface area contributed by atoms with Gasteiger partial charge in [0.2, 0.25) is 0 Å². The summed E-state index contributed by atoms with van der Waals surface area (Å²) in [6, 6.07) is 5.01. The Kier molecular flexibility index (Phi) is 5.16. The minimum absolute atomic E-state index is 0.0230. The highest BCUT2D eigenvalue weighted by Crippen LogP contribution is 2.52. The van der Waals surface area contributed by atoms with E-state index in [1.165, 1.54) is 39.0 Å². The summed E-state index contributed by atoms with van der Waals surface area (Å²) in [5.74, 6) is 0.0855. The van der Waals surface area contributed by atoms with Crippen LogP contribution in [0.2, 0.25) is 0 Å². The van der Waals surface area contributed by atoms with E-state index in [4.69, 9.17) is 9.47 Å². The molecule has 1 atom stereocenters.